The van der Waals surface area contributed by atoms with E-state index in [4.69, 9.17) is 9.72 Å². The summed E-state index contributed by atoms with van der Waals surface area (Å²) in [4.78, 5) is 33.4. The van der Waals surface area contributed by atoms with Crippen molar-refractivity contribution < 1.29 is 14.3 Å². The Morgan fingerprint density at radius 2 is 1.59 bits per heavy atom. The van der Waals surface area contributed by atoms with Crippen LogP contribution in [0.1, 0.15) is 24.1 Å². The summed E-state index contributed by atoms with van der Waals surface area (Å²) in [6.45, 7) is 2.28. The van der Waals surface area contributed by atoms with Crippen molar-refractivity contribution >= 4 is 28.9 Å². The molecule has 0 saturated carbocycles. The molecule has 1 aliphatic rings. The molecule has 1 amide bonds. The van der Waals surface area contributed by atoms with E-state index in [2.05, 4.69) is 0 Å². The fourth-order valence-corrected chi connectivity index (χ4v) is 4.42. The Bertz CT molecular complexity index is 1270. The number of carbonyl (C=O) groups excluding carboxylic acids is 2. The predicted octanol–water partition coefficient (Wildman–Crippen LogP) is 4.35. The minimum atomic E-state index is -1.01. The predicted molar refractivity (Wildman–Crippen MR) is 122 cm³/mol. The molecule has 5 rings (SSSR count). The Labute approximate surface area is 186 Å². The van der Waals surface area contributed by atoms with Crippen LogP contribution >= 0.6 is 0 Å². The fourth-order valence-electron chi connectivity index (χ4n) is 4.42. The smallest absolute Gasteiger partial charge is 0.321 e. The number of nitrogens with zero attached hydrogens (tertiary/aromatic N) is 3. The third-order valence-electron chi connectivity index (χ3n) is 5.81. The van der Waals surface area contributed by atoms with E-state index < -0.39 is 17.9 Å². The minimum Gasteiger partial charge on any atom is -0.465 e. The Balaban J connectivity index is 1.75. The molecule has 160 valence electrons. The molecule has 2 atom stereocenters. The van der Waals surface area contributed by atoms with E-state index in [9.17, 15) is 9.59 Å². The first-order chi connectivity index (χ1) is 15.7. The fraction of sp³-hybridized carbons (Fsp3) is 0.192. The maximum absolute atomic E-state index is 13.8. The van der Waals surface area contributed by atoms with Gasteiger partial charge >= 0.3 is 5.97 Å². The summed E-state index contributed by atoms with van der Waals surface area (Å²) in [5, 5.41) is 0. The Morgan fingerprint density at radius 1 is 0.938 bits per heavy atom. The normalized spacial score (nSPS) is 17.9. The molecule has 0 saturated heterocycles. The van der Waals surface area contributed by atoms with Crippen molar-refractivity contribution in [1.29, 1.82) is 0 Å². The van der Waals surface area contributed by atoms with Gasteiger partial charge in [-0.25, -0.2) is 4.98 Å². The summed E-state index contributed by atoms with van der Waals surface area (Å²) in [6.07, 6.45) is 0. The van der Waals surface area contributed by atoms with Crippen LogP contribution in [0.5, 0.6) is 0 Å². The molecule has 3 aromatic carbocycles. The van der Waals surface area contributed by atoms with Crippen molar-refractivity contribution in [2.24, 2.45) is 5.92 Å². The maximum Gasteiger partial charge on any atom is 0.321 e. The molecule has 0 bridgehead atoms. The molecule has 6 nitrogen and oxygen atoms in total. The van der Waals surface area contributed by atoms with E-state index in [1.165, 1.54) is 0 Å². The third kappa shape index (κ3) is 3.34. The van der Waals surface area contributed by atoms with Gasteiger partial charge in [-0.3, -0.25) is 14.5 Å². The SMILES string of the molecule is CCOC(=O)[C@@H]1C(=O)N(Cc2ccccc2)c2nc3ccccc3n2[C@@H]1c1ccccc1. The minimum absolute atomic E-state index is 0.209. The van der Waals surface area contributed by atoms with E-state index >= 15 is 0 Å². The van der Waals surface area contributed by atoms with Crippen LogP contribution in [0.2, 0.25) is 0 Å². The number of anilines is 1. The van der Waals surface area contributed by atoms with Gasteiger partial charge in [0.2, 0.25) is 11.9 Å². The first kappa shape index (κ1) is 20.0. The van der Waals surface area contributed by atoms with Crippen LogP contribution in [0.3, 0.4) is 0 Å². The highest BCUT2D eigenvalue weighted by Crippen LogP contribution is 2.41. The highest BCUT2D eigenvalue weighted by atomic mass is 16.5. The Morgan fingerprint density at radius 3 is 2.31 bits per heavy atom. The van der Waals surface area contributed by atoms with Crippen molar-refractivity contribution in [3.8, 4) is 0 Å². The number of hydrogen-bond acceptors (Lipinski definition) is 4. The average Bonchev–Trinajstić information content (AvgIpc) is 3.21. The van der Waals surface area contributed by atoms with Gasteiger partial charge in [0, 0.05) is 0 Å². The van der Waals surface area contributed by atoms with Crippen molar-refractivity contribution in [2.75, 3.05) is 11.5 Å². The van der Waals surface area contributed by atoms with Crippen LogP contribution < -0.4 is 4.90 Å². The largest absolute Gasteiger partial charge is 0.465 e. The number of benzene rings is 3. The molecule has 1 aliphatic heterocycles. The molecule has 4 aromatic rings. The highest BCUT2D eigenvalue weighted by Gasteiger charge is 2.47. The van der Waals surface area contributed by atoms with Crippen molar-refractivity contribution in [3.05, 3.63) is 96.1 Å². The highest BCUT2D eigenvalue weighted by molar-refractivity contribution is 6.08. The second-order valence-electron chi connectivity index (χ2n) is 7.77. The standard InChI is InChI=1S/C26H23N3O3/c1-2-32-25(31)22-23(19-13-7-4-8-14-19)29-21-16-10-9-15-20(21)27-26(29)28(24(22)30)17-18-11-5-3-6-12-18/h3-16,22-23H,2,17H2,1H3/t22-,23+/m0/s1. The number of imidazole rings is 1. The first-order valence-electron chi connectivity index (χ1n) is 10.7. The van der Waals surface area contributed by atoms with E-state index in [0.29, 0.717) is 12.5 Å². The second-order valence-corrected chi connectivity index (χ2v) is 7.77. The van der Waals surface area contributed by atoms with Gasteiger partial charge in [0.25, 0.3) is 0 Å². The number of fused-ring (bicyclic) bond motifs is 3. The van der Waals surface area contributed by atoms with E-state index in [-0.39, 0.29) is 12.5 Å². The summed E-state index contributed by atoms with van der Waals surface area (Å²) in [5.41, 5.74) is 3.47. The topological polar surface area (TPSA) is 64.4 Å². The number of aromatic nitrogens is 2. The zero-order valence-corrected chi connectivity index (χ0v) is 17.7. The van der Waals surface area contributed by atoms with Crippen LogP contribution in [0.15, 0.2) is 84.9 Å². The molecule has 0 unspecified atom stereocenters. The average molecular weight is 425 g/mol. The molecule has 1 aromatic heterocycles. The molecule has 0 spiro atoms. The van der Waals surface area contributed by atoms with Crippen LogP contribution in [-0.4, -0.2) is 28.0 Å². The van der Waals surface area contributed by atoms with Crippen LogP contribution in [-0.2, 0) is 20.9 Å². The van der Waals surface area contributed by atoms with Crippen LogP contribution in [0, 0.1) is 5.92 Å². The maximum atomic E-state index is 13.8. The zero-order valence-electron chi connectivity index (χ0n) is 17.7. The number of hydrogen-bond donors (Lipinski definition) is 0. The lowest BCUT2D eigenvalue weighted by Gasteiger charge is -2.38. The van der Waals surface area contributed by atoms with E-state index in [0.717, 1.165) is 22.2 Å². The summed E-state index contributed by atoms with van der Waals surface area (Å²) in [6, 6.07) is 26.6. The number of para-hydroxylation sites is 2. The monoisotopic (exact) mass is 425 g/mol. The van der Waals surface area contributed by atoms with E-state index in [1.807, 2.05) is 89.5 Å². The Hall–Kier alpha value is -3.93. The molecule has 0 N–H and O–H groups in total. The van der Waals surface area contributed by atoms with E-state index in [1.54, 1.807) is 11.8 Å². The first-order valence-corrected chi connectivity index (χ1v) is 10.7. The number of rotatable bonds is 5. The summed E-state index contributed by atoms with van der Waals surface area (Å²) in [5.74, 6) is -1.29. The second kappa shape index (κ2) is 8.30. The molecule has 0 fully saturated rings. The van der Waals surface area contributed by atoms with Crippen molar-refractivity contribution in [3.63, 3.8) is 0 Å². The molecule has 32 heavy (non-hydrogen) atoms. The molecular weight excluding hydrogens is 402 g/mol. The van der Waals surface area contributed by atoms with Gasteiger partial charge in [-0.15, -0.1) is 0 Å². The number of carbonyl (C=O) groups is 2. The summed E-state index contributed by atoms with van der Waals surface area (Å²) in [7, 11) is 0. The molecule has 2 heterocycles. The zero-order chi connectivity index (χ0) is 22.1. The van der Waals surface area contributed by atoms with Gasteiger partial charge in [-0.05, 0) is 30.2 Å². The van der Waals surface area contributed by atoms with Gasteiger partial charge in [0.1, 0.15) is 0 Å². The van der Waals surface area contributed by atoms with Gasteiger partial charge in [0.05, 0.1) is 30.2 Å². The van der Waals surface area contributed by atoms with Gasteiger partial charge in [-0.1, -0.05) is 72.8 Å². The van der Waals surface area contributed by atoms with Crippen LogP contribution in [0.4, 0.5) is 5.95 Å². The lowest BCUT2D eigenvalue weighted by Crippen LogP contribution is -2.49. The number of amides is 1. The summed E-state index contributed by atoms with van der Waals surface area (Å²) < 4.78 is 7.40. The number of ether oxygens (including phenoxy) is 1. The van der Waals surface area contributed by atoms with Crippen molar-refractivity contribution in [2.45, 2.75) is 19.5 Å². The lowest BCUT2D eigenvalue weighted by atomic mass is 9.89. The molecule has 6 heteroatoms. The van der Waals surface area contributed by atoms with Gasteiger partial charge < -0.3 is 9.30 Å². The molecular formula is C26H23N3O3. The van der Waals surface area contributed by atoms with Gasteiger partial charge in [0.15, 0.2) is 5.92 Å². The molecule has 0 aliphatic carbocycles. The number of esters is 1. The third-order valence-corrected chi connectivity index (χ3v) is 5.81. The quantitative estimate of drug-likeness (QED) is 0.352. The van der Waals surface area contributed by atoms with Crippen molar-refractivity contribution in [1.82, 2.24) is 9.55 Å². The lowest BCUT2D eigenvalue weighted by molar-refractivity contribution is -0.153. The van der Waals surface area contributed by atoms with Crippen LogP contribution in [0.25, 0.3) is 11.0 Å². The molecule has 0 radical (unpaired) electrons. The Kier molecular flexibility index (Phi) is 5.19. The van der Waals surface area contributed by atoms with Gasteiger partial charge in [-0.2, -0.15) is 0 Å². The summed E-state index contributed by atoms with van der Waals surface area (Å²) >= 11 is 0.